The summed E-state index contributed by atoms with van der Waals surface area (Å²) in [5.74, 6) is 0.774. The third-order valence-corrected chi connectivity index (χ3v) is 3.90. The molecule has 0 saturated heterocycles. The van der Waals surface area contributed by atoms with E-state index in [2.05, 4.69) is 13.0 Å². The maximum absolute atomic E-state index is 8.98. The minimum Gasteiger partial charge on any atom is -0.484 e. The summed E-state index contributed by atoms with van der Waals surface area (Å²) in [4.78, 5) is 1.17. The molecule has 18 heavy (non-hydrogen) atoms. The van der Waals surface area contributed by atoms with E-state index in [1.807, 2.05) is 29.6 Å². The molecule has 0 fully saturated rings. The zero-order chi connectivity index (χ0) is 13.0. The lowest BCUT2D eigenvalue weighted by Gasteiger charge is -2.17. The summed E-state index contributed by atoms with van der Waals surface area (Å²) in [6, 6.07) is 9.49. The van der Waals surface area contributed by atoms with Gasteiger partial charge in [-0.15, -0.1) is 11.3 Å². The first kappa shape index (κ1) is 13.1. The highest BCUT2D eigenvalue weighted by Crippen LogP contribution is 2.28. The average molecular weight is 263 g/mol. The van der Waals surface area contributed by atoms with Crippen LogP contribution in [0.4, 0.5) is 0 Å². The van der Waals surface area contributed by atoms with Gasteiger partial charge in [0.05, 0.1) is 6.61 Å². The van der Waals surface area contributed by atoms with Crippen LogP contribution in [0.3, 0.4) is 0 Å². The summed E-state index contributed by atoms with van der Waals surface area (Å²) in [5.41, 5.74) is 7.86. The Morgan fingerprint density at radius 3 is 2.50 bits per heavy atom. The SMILES string of the molecule is Cc1ccsc1C(CN)Oc1ccc(CO)cc1. The van der Waals surface area contributed by atoms with Crippen molar-refractivity contribution in [3.05, 3.63) is 51.7 Å². The highest BCUT2D eigenvalue weighted by Gasteiger charge is 2.15. The molecule has 1 aromatic heterocycles. The minimum atomic E-state index is -0.107. The molecule has 3 N–H and O–H groups in total. The Kier molecular flexibility index (Phi) is 4.36. The third kappa shape index (κ3) is 2.90. The number of ether oxygens (including phenoxy) is 1. The van der Waals surface area contributed by atoms with Crippen molar-refractivity contribution in [1.29, 1.82) is 0 Å². The molecule has 1 unspecified atom stereocenters. The standard InChI is InChI=1S/C14H17NO2S/c1-10-6-7-18-14(10)13(8-15)17-12-4-2-11(9-16)3-5-12/h2-7,13,16H,8-9,15H2,1H3. The normalized spacial score (nSPS) is 12.4. The molecule has 1 atom stereocenters. The summed E-state index contributed by atoms with van der Waals surface area (Å²) in [5, 5.41) is 11.0. The lowest BCUT2D eigenvalue weighted by atomic mass is 10.2. The second-order valence-corrected chi connectivity index (χ2v) is 5.06. The number of hydrogen-bond donors (Lipinski definition) is 2. The van der Waals surface area contributed by atoms with Gasteiger partial charge in [-0.2, -0.15) is 0 Å². The van der Waals surface area contributed by atoms with Crippen molar-refractivity contribution in [2.75, 3.05) is 6.54 Å². The summed E-state index contributed by atoms with van der Waals surface area (Å²) in [6.07, 6.45) is -0.107. The maximum atomic E-state index is 8.98. The van der Waals surface area contributed by atoms with Gasteiger partial charge in [0.15, 0.2) is 0 Å². The van der Waals surface area contributed by atoms with E-state index in [0.717, 1.165) is 11.3 Å². The lowest BCUT2D eigenvalue weighted by molar-refractivity contribution is 0.217. The van der Waals surface area contributed by atoms with Crippen LogP contribution in [0.2, 0.25) is 0 Å². The van der Waals surface area contributed by atoms with Crippen LogP contribution in [0.15, 0.2) is 35.7 Å². The number of benzene rings is 1. The van der Waals surface area contributed by atoms with E-state index in [1.165, 1.54) is 10.4 Å². The molecule has 3 nitrogen and oxygen atoms in total. The van der Waals surface area contributed by atoms with Crippen molar-refractivity contribution in [3.8, 4) is 5.75 Å². The molecule has 0 aliphatic heterocycles. The number of hydrogen-bond acceptors (Lipinski definition) is 4. The summed E-state index contributed by atoms with van der Waals surface area (Å²) in [6.45, 7) is 2.56. The fourth-order valence-corrected chi connectivity index (χ4v) is 2.73. The molecule has 0 saturated carbocycles. The topological polar surface area (TPSA) is 55.5 Å². The first-order chi connectivity index (χ1) is 8.74. The quantitative estimate of drug-likeness (QED) is 0.872. The van der Waals surface area contributed by atoms with Crippen molar-refractivity contribution < 1.29 is 9.84 Å². The van der Waals surface area contributed by atoms with Crippen LogP contribution >= 0.6 is 11.3 Å². The van der Waals surface area contributed by atoms with E-state index in [1.54, 1.807) is 11.3 Å². The Morgan fingerprint density at radius 2 is 2.00 bits per heavy atom. The number of nitrogens with two attached hydrogens (primary N) is 1. The molecule has 0 amide bonds. The fraction of sp³-hybridized carbons (Fsp3) is 0.286. The van der Waals surface area contributed by atoms with Gasteiger partial charge in [-0.05, 0) is 41.6 Å². The minimum absolute atomic E-state index is 0.0463. The van der Waals surface area contributed by atoms with Crippen molar-refractivity contribution in [1.82, 2.24) is 0 Å². The molecule has 2 aromatic rings. The van der Waals surface area contributed by atoms with Gasteiger partial charge in [0.1, 0.15) is 11.9 Å². The van der Waals surface area contributed by atoms with Crippen LogP contribution in [0.25, 0.3) is 0 Å². The number of aliphatic hydroxyl groups is 1. The molecule has 1 aromatic carbocycles. The number of aryl methyl sites for hydroxylation is 1. The van der Waals surface area contributed by atoms with Crippen LogP contribution in [0.5, 0.6) is 5.75 Å². The van der Waals surface area contributed by atoms with E-state index in [0.29, 0.717) is 6.54 Å². The van der Waals surface area contributed by atoms with Crippen LogP contribution < -0.4 is 10.5 Å². The predicted octanol–water partition coefficient (Wildman–Crippen LogP) is 2.63. The molecular weight excluding hydrogens is 246 g/mol. The Hall–Kier alpha value is -1.36. The second kappa shape index (κ2) is 6.00. The van der Waals surface area contributed by atoms with Crippen molar-refractivity contribution >= 4 is 11.3 Å². The molecule has 0 aliphatic rings. The fourth-order valence-electron chi connectivity index (χ4n) is 1.76. The number of aliphatic hydroxyl groups excluding tert-OH is 1. The molecule has 0 spiro atoms. The van der Waals surface area contributed by atoms with Crippen LogP contribution in [-0.2, 0) is 6.61 Å². The molecule has 1 heterocycles. The molecule has 0 radical (unpaired) electrons. The molecule has 0 aliphatic carbocycles. The van der Waals surface area contributed by atoms with E-state index >= 15 is 0 Å². The van der Waals surface area contributed by atoms with Crippen molar-refractivity contribution in [3.63, 3.8) is 0 Å². The molecule has 4 heteroatoms. The Bertz CT molecular complexity index is 493. The van der Waals surface area contributed by atoms with Gasteiger partial charge in [-0.25, -0.2) is 0 Å². The van der Waals surface area contributed by atoms with E-state index < -0.39 is 0 Å². The predicted molar refractivity (Wildman–Crippen MR) is 73.8 cm³/mol. The largest absolute Gasteiger partial charge is 0.484 e. The zero-order valence-electron chi connectivity index (χ0n) is 10.3. The Balaban J connectivity index is 2.13. The first-order valence-electron chi connectivity index (χ1n) is 5.85. The summed E-state index contributed by atoms with van der Waals surface area (Å²) >= 11 is 1.66. The van der Waals surface area contributed by atoms with Gasteiger partial charge >= 0.3 is 0 Å². The summed E-state index contributed by atoms with van der Waals surface area (Å²) in [7, 11) is 0. The van der Waals surface area contributed by atoms with E-state index in [9.17, 15) is 0 Å². The molecular formula is C14H17NO2S. The highest BCUT2D eigenvalue weighted by molar-refractivity contribution is 7.10. The number of rotatable bonds is 5. The van der Waals surface area contributed by atoms with Crippen LogP contribution in [-0.4, -0.2) is 11.7 Å². The average Bonchev–Trinajstić information content (AvgIpc) is 2.83. The maximum Gasteiger partial charge on any atom is 0.145 e. The molecule has 0 bridgehead atoms. The van der Waals surface area contributed by atoms with E-state index in [-0.39, 0.29) is 12.7 Å². The first-order valence-corrected chi connectivity index (χ1v) is 6.73. The Labute approximate surface area is 111 Å². The van der Waals surface area contributed by atoms with Gasteiger partial charge in [0.2, 0.25) is 0 Å². The van der Waals surface area contributed by atoms with Crippen LogP contribution in [0.1, 0.15) is 22.1 Å². The Morgan fingerprint density at radius 1 is 1.28 bits per heavy atom. The van der Waals surface area contributed by atoms with Crippen molar-refractivity contribution in [2.24, 2.45) is 5.73 Å². The monoisotopic (exact) mass is 263 g/mol. The van der Waals surface area contributed by atoms with Gasteiger partial charge in [0.25, 0.3) is 0 Å². The van der Waals surface area contributed by atoms with Gasteiger partial charge in [-0.3, -0.25) is 0 Å². The highest BCUT2D eigenvalue weighted by atomic mass is 32.1. The second-order valence-electron chi connectivity index (χ2n) is 4.11. The van der Waals surface area contributed by atoms with Crippen LogP contribution in [0, 0.1) is 6.92 Å². The van der Waals surface area contributed by atoms with Gasteiger partial charge in [0, 0.05) is 11.4 Å². The van der Waals surface area contributed by atoms with Gasteiger partial charge < -0.3 is 15.6 Å². The zero-order valence-corrected chi connectivity index (χ0v) is 11.1. The third-order valence-electron chi connectivity index (χ3n) is 2.79. The van der Waals surface area contributed by atoms with E-state index in [4.69, 9.17) is 15.6 Å². The molecule has 96 valence electrons. The lowest BCUT2D eigenvalue weighted by Crippen LogP contribution is -2.18. The van der Waals surface area contributed by atoms with Gasteiger partial charge in [-0.1, -0.05) is 12.1 Å². The molecule has 2 rings (SSSR count). The summed E-state index contributed by atoms with van der Waals surface area (Å²) < 4.78 is 5.89. The van der Waals surface area contributed by atoms with Crippen molar-refractivity contribution in [2.45, 2.75) is 19.6 Å². The number of thiophene rings is 1. The smallest absolute Gasteiger partial charge is 0.145 e.